The van der Waals surface area contributed by atoms with Gasteiger partial charge in [0.1, 0.15) is 0 Å². The Morgan fingerprint density at radius 1 is 0.826 bits per heavy atom. The predicted octanol–water partition coefficient (Wildman–Crippen LogP) is 4.10. The number of hydrogen-bond donors (Lipinski definition) is 0. The van der Waals surface area contributed by atoms with Crippen LogP contribution in [0.1, 0.15) is 6.92 Å². The second kappa shape index (κ2) is 7.25. The summed E-state index contributed by atoms with van der Waals surface area (Å²) in [6, 6.07) is 22.2. The Labute approximate surface area is 141 Å². The van der Waals surface area contributed by atoms with Crippen molar-refractivity contribution in [3.8, 4) is 0 Å². The summed E-state index contributed by atoms with van der Waals surface area (Å²) in [5.41, 5.74) is 0. The van der Waals surface area contributed by atoms with Crippen LogP contribution in [0.4, 0.5) is 0 Å². The van der Waals surface area contributed by atoms with Gasteiger partial charge in [0, 0.05) is 12.0 Å². The lowest BCUT2D eigenvalue weighted by Gasteiger charge is -2.31. The van der Waals surface area contributed by atoms with Crippen LogP contribution in [0.15, 0.2) is 84.2 Å². The monoisotopic (exact) mass is 320 g/mol. The lowest BCUT2D eigenvalue weighted by Crippen LogP contribution is -2.31. The number of nitrogens with zero attached hydrogens (tertiary/aromatic N) is 1. The summed E-state index contributed by atoms with van der Waals surface area (Å²) in [7, 11) is 3.78. The van der Waals surface area contributed by atoms with Crippen molar-refractivity contribution in [2.24, 2.45) is 0 Å². The van der Waals surface area contributed by atoms with Crippen molar-refractivity contribution in [2.45, 2.75) is 13.0 Å². The maximum atomic E-state index is 2.31. The molecule has 0 fully saturated rings. The predicted molar refractivity (Wildman–Crippen MR) is 103 cm³/mol. The summed E-state index contributed by atoms with van der Waals surface area (Å²) in [4.78, 5) is 2.28. The quantitative estimate of drug-likeness (QED) is 0.750. The van der Waals surface area contributed by atoms with Crippen LogP contribution in [0, 0.1) is 5.92 Å². The van der Waals surface area contributed by atoms with Gasteiger partial charge in [-0.15, -0.1) is 0 Å². The molecular formula is C21H23NP. The molecule has 0 aliphatic heterocycles. The smallest absolute Gasteiger partial charge is 0.0445 e. The first-order valence-corrected chi connectivity index (χ1v) is 9.35. The summed E-state index contributed by atoms with van der Waals surface area (Å²) in [5, 5.41) is 4.29. The van der Waals surface area contributed by atoms with Crippen LogP contribution in [0.2, 0.25) is 0 Å². The third-order valence-electron chi connectivity index (χ3n) is 4.32. The van der Waals surface area contributed by atoms with E-state index in [-0.39, 0.29) is 0 Å². The Kier molecular flexibility index (Phi) is 5.10. The van der Waals surface area contributed by atoms with Crippen molar-refractivity contribution in [2.75, 3.05) is 14.1 Å². The first-order valence-electron chi connectivity index (χ1n) is 8.00. The highest BCUT2D eigenvalue weighted by Crippen LogP contribution is 2.51. The third-order valence-corrected chi connectivity index (χ3v) is 6.84. The van der Waals surface area contributed by atoms with Gasteiger partial charge >= 0.3 is 0 Å². The van der Waals surface area contributed by atoms with Crippen LogP contribution in [0.5, 0.6) is 0 Å². The largest absolute Gasteiger partial charge is 0.305 e. The number of hydrogen-bond acceptors (Lipinski definition) is 1. The summed E-state index contributed by atoms with van der Waals surface area (Å²) in [5.74, 6) is 1.44. The molecule has 23 heavy (non-hydrogen) atoms. The Bertz CT molecular complexity index is 649. The van der Waals surface area contributed by atoms with Crippen molar-refractivity contribution in [1.82, 2.24) is 4.90 Å². The molecule has 1 aliphatic rings. The Morgan fingerprint density at radius 2 is 1.35 bits per heavy atom. The van der Waals surface area contributed by atoms with E-state index in [1.807, 2.05) is 0 Å². The molecule has 0 saturated carbocycles. The van der Waals surface area contributed by atoms with E-state index in [1.165, 1.54) is 21.8 Å². The molecule has 1 radical (unpaired) electrons. The van der Waals surface area contributed by atoms with E-state index >= 15 is 0 Å². The highest BCUT2D eigenvalue weighted by molar-refractivity contribution is 7.77. The fourth-order valence-corrected chi connectivity index (χ4v) is 5.39. The fraction of sp³-hybridized carbons (Fsp3) is 0.190. The molecule has 1 atom stereocenters. The average molecular weight is 320 g/mol. The van der Waals surface area contributed by atoms with Gasteiger partial charge in [0.05, 0.1) is 0 Å². The molecule has 117 valence electrons. The van der Waals surface area contributed by atoms with Crippen molar-refractivity contribution >= 4 is 18.5 Å². The summed E-state index contributed by atoms with van der Waals surface area (Å²) in [6.45, 7) is 2.28. The van der Waals surface area contributed by atoms with E-state index in [0.717, 1.165) is 0 Å². The minimum atomic E-state index is -0.514. The van der Waals surface area contributed by atoms with Gasteiger partial charge in [0.2, 0.25) is 0 Å². The summed E-state index contributed by atoms with van der Waals surface area (Å²) >= 11 is 0. The zero-order valence-corrected chi connectivity index (χ0v) is 14.9. The van der Waals surface area contributed by atoms with Crippen molar-refractivity contribution < 1.29 is 0 Å². The first kappa shape index (κ1) is 16.2. The number of rotatable bonds is 5. The topological polar surface area (TPSA) is 3.24 Å². The third kappa shape index (κ3) is 3.47. The van der Waals surface area contributed by atoms with E-state index in [9.17, 15) is 0 Å². The Hall–Kier alpha value is -1.69. The molecule has 2 aromatic rings. The SMILES string of the molecule is C[C@@H]([C]1C=CC=C1P(c1ccccc1)c1ccccc1)N(C)C. The second-order valence-corrected chi connectivity index (χ2v) is 8.20. The standard InChI is InChI=1S/C21H23NP/c1-17(22(2)3)20-15-10-16-21(20)23(18-11-6-4-7-12-18)19-13-8-5-9-14-19/h4-17H,1-3H3/t17-/m0/s1. The van der Waals surface area contributed by atoms with E-state index in [0.29, 0.717) is 6.04 Å². The molecule has 1 nitrogen and oxygen atoms in total. The maximum Gasteiger partial charge on any atom is 0.0445 e. The van der Waals surface area contributed by atoms with Gasteiger partial charge in [-0.1, -0.05) is 78.9 Å². The first-order chi connectivity index (χ1) is 11.2. The molecule has 0 amide bonds. The molecule has 0 spiro atoms. The summed E-state index contributed by atoms with van der Waals surface area (Å²) in [6.07, 6.45) is 6.79. The van der Waals surface area contributed by atoms with Crippen LogP contribution in [0.25, 0.3) is 0 Å². The van der Waals surface area contributed by atoms with Crippen LogP contribution in [0.3, 0.4) is 0 Å². The van der Waals surface area contributed by atoms with Gasteiger partial charge < -0.3 is 4.90 Å². The van der Waals surface area contributed by atoms with Gasteiger partial charge in [-0.25, -0.2) is 0 Å². The summed E-state index contributed by atoms with van der Waals surface area (Å²) < 4.78 is 0. The molecule has 0 heterocycles. The molecular weight excluding hydrogens is 297 g/mol. The van der Waals surface area contributed by atoms with Gasteiger partial charge in [-0.3, -0.25) is 0 Å². The molecule has 2 aromatic carbocycles. The van der Waals surface area contributed by atoms with Crippen LogP contribution >= 0.6 is 7.92 Å². The van der Waals surface area contributed by atoms with Crippen LogP contribution < -0.4 is 10.6 Å². The zero-order chi connectivity index (χ0) is 16.2. The molecule has 1 aliphatic carbocycles. The molecule has 0 saturated heterocycles. The molecule has 0 bridgehead atoms. The zero-order valence-electron chi connectivity index (χ0n) is 14.0. The lowest BCUT2D eigenvalue weighted by atomic mass is 10.0. The van der Waals surface area contributed by atoms with E-state index in [4.69, 9.17) is 0 Å². The van der Waals surface area contributed by atoms with Crippen molar-refractivity contribution in [1.29, 1.82) is 0 Å². The van der Waals surface area contributed by atoms with Crippen LogP contribution in [-0.4, -0.2) is 25.0 Å². The second-order valence-electron chi connectivity index (χ2n) is 6.01. The molecule has 0 N–H and O–H groups in total. The Morgan fingerprint density at radius 3 is 1.83 bits per heavy atom. The minimum Gasteiger partial charge on any atom is -0.305 e. The average Bonchev–Trinajstić information content (AvgIpc) is 3.05. The van der Waals surface area contributed by atoms with E-state index in [2.05, 4.69) is 105 Å². The maximum absolute atomic E-state index is 2.31. The lowest BCUT2D eigenvalue weighted by molar-refractivity contribution is 0.338. The Balaban J connectivity index is 2.03. The molecule has 2 heteroatoms. The van der Waals surface area contributed by atoms with Crippen LogP contribution in [-0.2, 0) is 0 Å². The minimum absolute atomic E-state index is 0.414. The van der Waals surface area contributed by atoms with E-state index in [1.54, 1.807) is 0 Å². The van der Waals surface area contributed by atoms with Gasteiger partial charge in [-0.2, -0.15) is 0 Å². The van der Waals surface area contributed by atoms with Crippen molar-refractivity contribution in [3.63, 3.8) is 0 Å². The number of benzene rings is 2. The number of allylic oxidation sites excluding steroid dienone is 2. The highest BCUT2D eigenvalue weighted by Gasteiger charge is 2.30. The molecule has 0 unspecified atom stereocenters. The van der Waals surface area contributed by atoms with Crippen molar-refractivity contribution in [3.05, 3.63) is 90.1 Å². The normalized spacial score (nSPS) is 16.1. The highest BCUT2D eigenvalue weighted by atomic mass is 31.1. The van der Waals surface area contributed by atoms with Gasteiger partial charge in [-0.05, 0) is 44.9 Å². The molecule has 3 rings (SSSR count). The van der Waals surface area contributed by atoms with E-state index < -0.39 is 7.92 Å². The molecule has 0 aromatic heterocycles. The van der Waals surface area contributed by atoms with Gasteiger partial charge in [0.25, 0.3) is 0 Å². The van der Waals surface area contributed by atoms with Gasteiger partial charge in [0.15, 0.2) is 0 Å². The fourth-order valence-electron chi connectivity index (χ4n) is 2.84.